The van der Waals surface area contributed by atoms with Crippen molar-refractivity contribution in [1.82, 2.24) is 4.72 Å². The van der Waals surface area contributed by atoms with Gasteiger partial charge < -0.3 is 0 Å². The van der Waals surface area contributed by atoms with Gasteiger partial charge in [-0.05, 0) is 31.1 Å². The fourth-order valence-corrected chi connectivity index (χ4v) is 3.99. The largest absolute Gasteiger partial charge is 0.221 e. The van der Waals surface area contributed by atoms with E-state index in [2.05, 4.69) is 20.7 Å². The summed E-state index contributed by atoms with van der Waals surface area (Å²) in [6.45, 7) is 0. The second kappa shape index (κ2) is 4.10. The van der Waals surface area contributed by atoms with Crippen LogP contribution in [0, 0.1) is 11.8 Å². The number of fused-ring (bicyclic) bond motifs is 3. The molecule has 0 saturated heterocycles. The van der Waals surface area contributed by atoms with Crippen LogP contribution in [0.1, 0.15) is 32.1 Å². The average Bonchev–Trinajstić information content (AvgIpc) is 2.19. The fourth-order valence-electron chi connectivity index (χ4n) is 2.78. The summed E-state index contributed by atoms with van der Waals surface area (Å²) >= 11 is 3.00. The molecular weight excluding hydrogens is 266 g/mol. The van der Waals surface area contributed by atoms with Crippen LogP contribution in [-0.4, -0.2) is 19.1 Å². The first-order chi connectivity index (χ1) is 6.61. The zero-order chi connectivity index (χ0) is 10.2. The molecule has 1 N–H and O–H groups in total. The lowest BCUT2D eigenvalue weighted by Crippen LogP contribution is -2.47. The highest BCUT2D eigenvalue weighted by atomic mass is 79.9. The highest BCUT2D eigenvalue weighted by Gasteiger charge is 2.37. The van der Waals surface area contributed by atoms with Crippen LogP contribution in [0.3, 0.4) is 0 Å². The van der Waals surface area contributed by atoms with Gasteiger partial charge in [-0.1, -0.05) is 28.8 Å². The van der Waals surface area contributed by atoms with Gasteiger partial charge in [-0.15, -0.1) is 0 Å². The maximum absolute atomic E-state index is 11.4. The Morgan fingerprint density at radius 1 is 1.21 bits per heavy atom. The molecule has 3 aliphatic rings. The highest BCUT2D eigenvalue weighted by molar-refractivity contribution is 9.10. The maximum atomic E-state index is 11.4. The summed E-state index contributed by atoms with van der Waals surface area (Å²) in [7, 11) is -3.07. The smallest absolute Gasteiger partial charge is 0.212 e. The van der Waals surface area contributed by atoms with Gasteiger partial charge in [-0.2, -0.15) is 0 Å². The Labute approximate surface area is 93.8 Å². The molecule has 0 aromatic rings. The summed E-state index contributed by atoms with van der Waals surface area (Å²) in [5.74, 6) is 1.36. The summed E-state index contributed by atoms with van der Waals surface area (Å²) in [4.78, 5) is 0. The Bertz CT molecular complexity index is 296. The van der Waals surface area contributed by atoms with E-state index >= 15 is 0 Å². The molecular formula is C9H16BrNO2S. The Morgan fingerprint density at radius 2 is 1.86 bits per heavy atom. The summed E-state index contributed by atoms with van der Waals surface area (Å²) in [6, 6.07) is 0.213. The lowest BCUT2D eigenvalue weighted by atomic mass is 9.68. The van der Waals surface area contributed by atoms with Crippen molar-refractivity contribution in [2.75, 3.05) is 4.66 Å². The number of alkyl halides is 1. The van der Waals surface area contributed by atoms with Crippen LogP contribution in [0.2, 0.25) is 0 Å². The van der Waals surface area contributed by atoms with Crippen molar-refractivity contribution in [2.24, 2.45) is 11.8 Å². The van der Waals surface area contributed by atoms with Gasteiger partial charge in [-0.25, -0.2) is 13.1 Å². The minimum atomic E-state index is -3.07. The molecule has 0 radical (unpaired) electrons. The van der Waals surface area contributed by atoms with Crippen LogP contribution in [0.5, 0.6) is 0 Å². The van der Waals surface area contributed by atoms with Crippen LogP contribution in [-0.2, 0) is 10.0 Å². The fraction of sp³-hybridized carbons (Fsp3) is 1.00. The van der Waals surface area contributed by atoms with Gasteiger partial charge in [0, 0.05) is 6.04 Å². The second-order valence-electron chi connectivity index (χ2n) is 4.46. The van der Waals surface area contributed by atoms with Gasteiger partial charge in [0.2, 0.25) is 10.0 Å². The normalized spacial score (nSPS) is 37.4. The van der Waals surface area contributed by atoms with Crippen molar-refractivity contribution in [3.63, 3.8) is 0 Å². The Kier molecular flexibility index (Phi) is 3.19. The van der Waals surface area contributed by atoms with Crippen molar-refractivity contribution in [3.8, 4) is 0 Å². The first kappa shape index (κ1) is 10.9. The van der Waals surface area contributed by atoms with Crippen molar-refractivity contribution in [3.05, 3.63) is 0 Å². The molecule has 14 heavy (non-hydrogen) atoms. The zero-order valence-corrected chi connectivity index (χ0v) is 10.5. The summed E-state index contributed by atoms with van der Waals surface area (Å²) < 4.78 is 25.6. The topological polar surface area (TPSA) is 46.2 Å². The summed E-state index contributed by atoms with van der Waals surface area (Å²) in [5, 5.41) is 0. The molecule has 2 bridgehead atoms. The third-order valence-corrected chi connectivity index (χ3v) is 6.28. The molecule has 0 aromatic carbocycles. The molecule has 3 fully saturated rings. The summed E-state index contributed by atoms with van der Waals surface area (Å²) in [6.07, 6.45) is 6.07. The molecule has 0 aromatic heterocycles. The quantitative estimate of drug-likeness (QED) is 0.803. The molecule has 1 unspecified atom stereocenters. The number of halogens is 1. The Hall–Kier alpha value is 0.390. The molecule has 3 aliphatic carbocycles. The first-order valence-corrected chi connectivity index (χ1v) is 7.94. The molecule has 82 valence electrons. The Balaban J connectivity index is 1.99. The SMILES string of the molecule is O=S(=O)(CBr)NC1CC2CCC1CC2. The molecule has 0 heterocycles. The van der Waals surface area contributed by atoms with E-state index in [1.165, 1.54) is 25.7 Å². The third-order valence-electron chi connectivity index (χ3n) is 3.52. The van der Waals surface area contributed by atoms with Crippen LogP contribution < -0.4 is 4.72 Å². The zero-order valence-electron chi connectivity index (χ0n) is 8.08. The third kappa shape index (κ3) is 2.31. The van der Waals surface area contributed by atoms with Crippen LogP contribution in [0.25, 0.3) is 0 Å². The summed E-state index contributed by atoms with van der Waals surface area (Å²) in [5.41, 5.74) is 0. The number of hydrogen-bond acceptors (Lipinski definition) is 2. The molecule has 3 rings (SSSR count). The van der Waals surface area contributed by atoms with E-state index in [0.717, 1.165) is 12.3 Å². The van der Waals surface area contributed by atoms with Gasteiger partial charge in [0.15, 0.2) is 0 Å². The molecule has 3 saturated carbocycles. The monoisotopic (exact) mass is 281 g/mol. The first-order valence-electron chi connectivity index (χ1n) is 5.16. The van der Waals surface area contributed by atoms with E-state index in [4.69, 9.17) is 0 Å². The molecule has 0 amide bonds. The van der Waals surface area contributed by atoms with E-state index in [9.17, 15) is 8.42 Å². The standard InChI is InChI=1S/C9H16BrNO2S/c10-6-14(12,13)11-9-5-7-1-3-8(9)4-2-7/h7-9,11H,1-6H2. The van der Waals surface area contributed by atoms with Gasteiger partial charge in [0.1, 0.15) is 4.66 Å². The molecule has 3 nitrogen and oxygen atoms in total. The molecule has 1 atom stereocenters. The van der Waals surface area contributed by atoms with E-state index in [0.29, 0.717) is 5.92 Å². The number of hydrogen-bond donors (Lipinski definition) is 1. The number of sulfonamides is 1. The van der Waals surface area contributed by atoms with E-state index in [1.807, 2.05) is 0 Å². The van der Waals surface area contributed by atoms with Crippen LogP contribution in [0.4, 0.5) is 0 Å². The molecule has 0 aliphatic heterocycles. The van der Waals surface area contributed by atoms with E-state index < -0.39 is 10.0 Å². The number of rotatable bonds is 3. The van der Waals surface area contributed by atoms with E-state index in [1.54, 1.807) is 0 Å². The lowest BCUT2D eigenvalue weighted by Gasteiger charge is -2.42. The Morgan fingerprint density at radius 3 is 2.29 bits per heavy atom. The van der Waals surface area contributed by atoms with Gasteiger partial charge in [0.25, 0.3) is 0 Å². The predicted octanol–water partition coefficient (Wildman–Crippen LogP) is 1.84. The minimum absolute atomic E-state index is 0.0217. The van der Waals surface area contributed by atoms with Gasteiger partial charge in [0.05, 0.1) is 0 Å². The van der Waals surface area contributed by atoms with Crippen molar-refractivity contribution >= 4 is 26.0 Å². The van der Waals surface area contributed by atoms with E-state index in [-0.39, 0.29) is 10.7 Å². The van der Waals surface area contributed by atoms with Crippen molar-refractivity contribution in [1.29, 1.82) is 0 Å². The predicted molar refractivity (Wildman–Crippen MR) is 59.7 cm³/mol. The van der Waals surface area contributed by atoms with Crippen LogP contribution in [0.15, 0.2) is 0 Å². The molecule has 0 spiro atoms. The van der Waals surface area contributed by atoms with Gasteiger partial charge >= 0.3 is 0 Å². The number of nitrogens with one attached hydrogen (secondary N) is 1. The molecule has 5 heteroatoms. The lowest BCUT2D eigenvalue weighted by molar-refractivity contribution is 0.138. The second-order valence-corrected chi connectivity index (χ2v) is 7.52. The maximum Gasteiger partial charge on any atom is 0.221 e. The van der Waals surface area contributed by atoms with Crippen molar-refractivity contribution in [2.45, 2.75) is 38.1 Å². The van der Waals surface area contributed by atoms with Crippen molar-refractivity contribution < 1.29 is 8.42 Å². The highest BCUT2D eigenvalue weighted by Crippen LogP contribution is 2.41. The minimum Gasteiger partial charge on any atom is -0.212 e. The average molecular weight is 282 g/mol. The van der Waals surface area contributed by atoms with Gasteiger partial charge in [-0.3, -0.25) is 0 Å². The van der Waals surface area contributed by atoms with Crippen LogP contribution >= 0.6 is 15.9 Å².